The summed E-state index contributed by atoms with van der Waals surface area (Å²) < 4.78 is 5.13. The number of hydrogen-bond donors (Lipinski definition) is 3. The van der Waals surface area contributed by atoms with Crippen molar-refractivity contribution in [1.82, 2.24) is 0 Å². The minimum Gasteiger partial charge on any atom is -0.431 e. The van der Waals surface area contributed by atoms with Gasteiger partial charge in [0.05, 0.1) is 23.6 Å². The van der Waals surface area contributed by atoms with Gasteiger partial charge >= 0.3 is 5.63 Å². The van der Waals surface area contributed by atoms with Crippen LogP contribution in [0.25, 0.3) is 0 Å². The van der Waals surface area contributed by atoms with Gasteiger partial charge in [0.25, 0.3) is 0 Å². The summed E-state index contributed by atoms with van der Waals surface area (Å²) in [5.74, 6) is 0.915. The molecule has 28 heavy (non-hydrogen) atoms. The van der Waals surface area contributed by atoms with Gasteiger partial charge in [-0.1, -0.05) is 6.92 Å². The quantitative estimate of drug-likeness (QED) is 0.688. The van der Waals surface area contributed by atoms with Crippen molar-refractivity contribution in [3.05, 3.63) is 34.4 Å². The zero-order valence-electron chi connectivity index (χ0n) is 16.6. The van der Waals surface area contributed by atoms with E-state index >= 15 is 0 Å². The van der Waals surface area contributed by atoms with Gasteiger partial charge in [-0.2, -0.15) is 0 Å². The Labute approximate surface area is 165 Å². The second-order valence-corrected chi connectivity index (χ2v) is 10.3. The fourth-order valence-corrected chi connectivity index (χ4v) is 7.94. The molecule has 4 aliphatic carbocycles. The van der Waals surface area contributed by atoms with E-state index in [1.807, 2.05) is 6.07 Å². The van der Waals surface area contributed by atoms with Crippen LogP contribution >= 0.6 is 0 Å². The molecule has 0 amide bonds. The fourth-order valence-electron chi connectivity index (χ4n) is 7.94. The largest absolute Gasteiger partial charge is 0.431 e. The van der Waals surface area contributed by atoms with E-state index in [2.05, 4.69) is 6.92 Å². The molecule has 0 radical (unpaired) electrons. The Kier molecular flexibility index (Phi) is 4.15. The first kappa shape index (κ1) is 18.8. The summed E-state index contributed by atoms with van der Waals surface area (Å²) in [6.45, 7) is 2.22. The predicted octanol–water partition coefficient (Wildman–Crippen LogP) is 2.97. The van der Waals surface area contributed by atoms with Gasteiger partial charge in [-0.25, -0.2) is 4.79 Å². The number of aliphatic hydroxyl groups is 3. The molecule has 0 unspecified atom stereocenters. The average Bonchev–Trinajstić information content (AvgIpc) is 2.93. The van der Waals surface area contributed by atoms with Crippen LogP contribution in [0.4, 0.5) is 0 Å². The van der Waals surface area contributed by atoms with E-state index in [1.165, 1.54) is 6.07 Å². The molecule has 5 nitrogen and oxygen atoms in total. The van der Waals surface area contributed by atoms with Gasteiger partial charge in [0.2, 0.25) is 0 Å². The maximum atomic E-state index is 12.1. The average molecular weight is 389 g/mol. The summed E-state index contributed by atoms with van der Waals surface area (Å²) in [5, 5.41) is 33.4. The van der Waals surface area contributed by atoms with E-state index in [0.717, 1.165) is 50.5 Å². The molecular formula is C23H32O5. The van der Waals surface area contributed by atoms with Crippen molar-refractivity contribution in [3.63, 3.8) is 0 Å². The Morgan fingerprint density at radius 2 is 1.82 bits per heavy atom. The molecule has 0 bridgehead atoms. The third-order valence-electron chi connectivity index (χ3n) is 9.32. The van der Waals surface area contributed by atoms with Crippen LogP contribution in [-0.4, -0.2) is 32.6 Å². The first-order chi connectivity index (χ1) is 13.3. The topological polar surface area (TPSA) is 90.9 Å². The van der Waals surface area contributed by atoms with E-state index in [9.17, 15) is 20.1 Å². The first-order valence-corrected chi connectivity index (χ1v) is 11.0. The molecule has 154 valence electrons. The monoisotopic (exact) mass is 388 g/mol. The molecule has 1 heterocycles. The highest BCUT2D eigenvalue weighted by atomic mass is 16.4. The highest BCUT2D eigenvalue weighted by Gasteiger charge is 2.67. The number of rotatable bonds is 1. The summed E-state index contributed by atoms with van der Waals surface area (Å²) in [6, 6.07) is 3.34. The minimum atomic E-state index is -0.760. The summed E-state index contributed by atoms with van der Waals surface area (Å²) >= 11 is 0. The highest BCUT2D eigenvalue weighted by Crippen LogP contribution is 2.68. The van der Waals surface area contributed by atoms with Gasteiger partial charge in [-0.3, -0.25) is 0 Å². The minimum absolute atomic E-state index is 0.191. The Balaban J connectivity index is 1.47. The van der Waals surface area contributed by atoms with Crippen molar-refractivity contribution in [1.29, 1.82) is 0 Å². The summed E-state index contributed by atoms with van der Waals surface area (Å²) in [6.07, 6.45) is 8.41. The third kappa shape index (κ3) is 2.45. The summed E-state index contributed by atoms with van der Waals surface area (Å²) in [5.41, 5.74) is -1.06. The fraction of sp³-hybridized carbons (Fsp3) is 0.783. The van der Waals surface area contributed by atoms with Crippen LogP contribution in [0.1, 0.15) is 76.2 Å². The van der Waals surface area contributed by atoms with Crippen LogP contribution < -0.4 is 5.63 Å². The molecule has 0 spiro atoms. The Hall–Kier alpha value is -1.17. The van der Waals surface area contributed by atoms with Crippen molar-refractivity contribution >= 4 is 0 Å². The second-order valence-electron chi connectivity index (χ2n) is 10.3. The van der Waals surface area contributed by atoms with Gasteiger partial charge in [0, 0.05) is 17.9 Å². The Morgan fingerprint density at radius 1 is 1.00 bits per heavy atom. The highest BCUT2D eigenvalue weighted by molar-refractivity contribution is 5.26. The van der Waals surface area contributed by atoms with E-state index < -0.39 is 17.3 Å². The van der Waals surface area contributed by atoms with Crippen LogP contribution in [0, 0.1) is 23.2 Å². The Morgan fingerprint density at radius 3 is 2.57 bits per heavy atom. The number of fused-ring (bicyclic) bond motifs is 5. The van der Waals surface area contributed by atoms with E-state index in [4.69, 9.17) is 4.42 Å². The molecule has 1 aromatic rings. The normalized spacial score (nSPS) is 50.5. The zero-order valence-corrected chi connectivity index (χ0v) is 16.6. The Bertz CT molecular complexity index is 799. The molecule has 4 aliphatic rings. The molecule has 3 N–H and O–H groups in total. The standard InChI is InChI=1S/C23H32O5/c1-21-9-6-16-18-4-3-15(24)12-22(18,26)10-7-19(16)23(21,27)11-8-17(21)14-2-5-20(25)28-13-14/h2,5,13,15-19,24,26-27H,3-4,6-12H2,1H3/t15-,16+,17+,18+,19+,21+,22-,23-/m0/s1. The van der Waals surface area contributed by atoms with E-state index in [1.54, 1.807) is 6.26 Å². The van der Waals surface area contributed by atoms with Gasteiger partial charge in [0.15, 0.2) is 0 Å². The lowest BCUT2D eigenvalue weighted by molar-refractivity contribution is -0.218. The van der Waals surface area contributed by atoms with Crippen LogP contribution in [0.3, 0.4) is 0 Å². The van der Waals surface area contributed by atoms with Crippen LogP contribution in [0.15, 0.2) is 27.6 Å². The SMILES string of the molecule is C[C@]12CC[C@@H]3[C@H]4CC[C@H](O)C[C@@]4(O)CC[C@H]3[C@@]1(O)CC[C@@H]2c1ccc(=O)oc1. The maximum Gasteiger partial charge on any atom is 0.335 e. The molecule has 0 aliphatic heterocycles. The van der Waals surface area contributed by atoms with Gasteiger partial charge in [-0.15, -0.1) is 0 Å². The summed E-state index contributed by atoms with van der Waals surface area (Å²) in [4.78, 5) is 11.4. The van der Waals surface area contributed by atoms with E-state index in [-0.39, 0.29) is 28.8 Å². The molecule has 1 aromatic heterocycles. The molecule has 0 aromatic carbocycles. The molecule has 4 saturated carbocycles. The number of hydrogen-bond acceptors (Lipinski definition) is 5. The molecule has 4 fully saturated rings. The van der Waals surface area contributed by atoms with Crippen molar-refractivity contribution in [3.8, 4) is 0 Å². The van der Waals surface area contributed by atoms with Crippen LogP contribution in [0.5, 0.6) is 0 Å². The van der Waals surface area contributed by atoms with Gasteiger partial charge < -0.3 is 19.7 Å². The van der Waals surface area contributed by atoms with Crippen molar-refractivity contribution in [2.45, 2.75) is 87.9 Å². The first-order valence-electron chi connectivity index (χ1n) is 11.0. The molecule has 0 saturated heterocycles. The zero-order chi connectivity index (χ0) is 19.7. The van der Waals surface area contributed by atoms with Gasteiger partial charge in [0.1, 0.15) is 0 Å². The van der Waals surface area contributed by atoms with Gasteiger partial charge in [-0.05, 0) is 86.7 Å². The van der Waals surface area contributed by atoms with Crippen molar-refractivity contribution in [2.75, 3.05) is 0 Å². The molecule has 5 rings (SSSR count). The lowest BCUT2D eigenvalue weighted by Gasteiger charge is -2.61. The smallest absolute Gasteiger partial charge is 0.335 e. The molecule has 8 atom stereocenters. The molecule has 5 heteroatoms. The lowest BCUT2D eigenvalue weighted by Crippen LogP contribution is -2.63. The molecular weight excluding hydrogens is 356 g/mol. The van der Waals surface area contributed by atoms with E-state index in [0.29, 0.717) is 18.8 Å². The maximum absolute atomic E-state index is 12.1. The third-order valence-corrected chi connectivity index (χ3v) is 9.32. The van der Waals surface area contributed by atoms with Crippen molar-refractivity contribution in [2.24, 2.45) is 23.2 Å². The lowest BCUT2D eigenvalue weighted by atomic mass is 9.46. The summed E-state index contributed by atoms with van der Waals surface area (Å²) in [7, 11) is 0. The number of aliphatic hydroxyl groups excluding tert-OH is 1. The predicted molar refractivity (Wildman–Crippen MR) is 104 cm³/mol. The van der Waals surface area contributed by atoms with Crippen LogP contribution in [-0.2, 0) is 0 Å². The van der Waals surface area contributed by atoms with Crippen LogP contribution in [0.2, 0.25) is 0 Å². The second kappa shape index (κ2) is 6.16. The van der Waals surface area contributed by atoms with Crippen molar-refractivity contribution < 1.29 is 19.7 Å².